The Balaban J connectivity index is 3.53. The molecule has 0 aliphatic carbocycles. The molecule has 0 N–H and O–H groups in total. The molecule has 0 aliphatic heterocycles. The van der Waals surface area contributed by atoms with Crippen LogP contribution in [-0.4, -0.2) is 0 Å². The summed E-state index contributed by atoms with van der Waals surface area (Å²) in [6.45, 7) is 9.46. The molecule has 0 aromatic heterocycles. The van der Waals surface area contributed by atoms with E-state index in [1.807, 2.05) is 0 Å². The molecule has 0 rings (SSSR count). The van der Waals surface area contributed by atoms with Crippen molar-refractivity contribution in [1.82, 2.24) is 0 Å². The Morgan fingerprint density at radius 2 is 1.12 bits per heavy atom. The summed E-state index contributed by atoms with van der Waals surface area (Å²) < 4.78 is 0. The lowest BCUT2D eigenvalue weighted by Crippen LogP contribution is -2.14. The van der Waals surface area contributed by atoms with Crippen LogP contribution in [-0.2, 0) is 0 Å². The zero-order valence-corrected chi connectivity index (χ0v) is 12.3. The second-order valence-electron chi connectivity index (χ2n) is 5.79. The van der Waals surface area contributed by atoms with Crippen molar-refractivity contribution < 1.29 is 0 Å². The van der Waals surface area contributed by atoms with E-state index >= 15 is 0 Å². The molecule has 0 saturated carbocycles. The van der Waals surface area contributed by atoms with Crippen molar-refractivity contribution in [2.24, 2.45) is 5.41 Å². The van der Waals surface area contributed by atoms with Gasteiger partial charge in [-0.1, -0.05) is 85.5 Å². The summed E-state index contributed by atoms with van der Waals surface area (Å²) in [6.07, 6.45) is 15.7. The molecule has 1 unspecified atom stereocenters. The van der Waals surface area contributed by atoms with Crippen molar-refractivity contribution in [3.63, 3.8) is 0 Å². The van der Waals surface area contributed by atoms with E-state index in [4.69, 9.17) is 0 Å². The molecule has 0 nitrogen and oxygen atoms in total. The highest BCUT2D eigenvalue weighted by Crippen LogP contribution is 2.34. The van der Waals surface area contributed by atoms with Crippen LogP contribution in [0.4, 0.5) is 0 Å². The van der Waals surface area contributed by atoms with E-state index in [-0.39, 0.29) is 0 Å². The molecule has 16 heavy (non-hydrogen) atoms. The highest BCUT2D eigenvalue weighted by Gasteiger charge is 2.20. The number of unbranched alkanes of at least 4 members (excludes halogenated alkanes) is 6. The molecule has 0 heteroatoms. The molecule has 0 amide bonds. The van der Waals surface area contributed by atoms with E-state index in [0.717, 1.165) is 0 Å². The van der Waals surface area contributed by atoms with Gasteiger partial charge in [-0.2, -0.15) is 0 Å². The summed E-state index contributed by atoms with van der Waals surface area (Å²) in [5.41, 5.74) is 0.640. The quantitative estimate of drug-likeness (QED) is 0.360. The molecule has 0 bridgehead atoms. The first-order chi connectivity index (χ1) is 7.68. The zero-order valence-electron chi connectivity index (χ0n) is 12.3. The minimum absolute atomic E-state index is 0.640. The normalized spacial score (nSPS) is 15.0. The van der Waals surface area contributed by atoms with Crippen LogP contribution in [0.15, 0.2) is 0 Å². The third-order valence-corrected chi connectivity index (χ3v) is 4.12. The standard InChI is InChI=1S/C16H34/c1-5-8-10-11-12-13-15-16(4,7-3)14-9-6-2/h5-15H2,1-4H3. The van der Waals surface area contributed by atoms with Crippen molar-refractivity contribution in [1.29, 1.82) is 0 Å². The average molecular weight is 226 g/mol. The molecule has 0 heterocycles. The van der Waals surface area contributed by atoms with Gasteiger partial charge in [0.2, 0.25) is 0 Å². The maximum Gasteiger partial charge on any atom is -0.0328 e. The Bertz CT molecular complexity index is 139. The fourth-order valence-electron chi connectivity index (χ4n) is 2.41. The molecular weight excluding hydrogens is 192 g/mol. The second kappa shape index (κ2) is 10.2. The van der Waals surface area contributed by atoms with Crippen LogP contribution < -0.4 is 0 Å². The van der Waals surface area contributed by atoms with Crippen LogP contribution in [0.25, 0.3) is 0 Å². The number of rotatable bonds is 11. The first-order valence-corrected chi connectivity index (χ1v) is 7.68. The summed E-state index contributed by atoms with van der Waals surface area (Å²) in [6, 6.07) is 0. The highest BCUT2D eigenvalue weighted by molar-refractivity contribution is 4.72. The maximum atomic E-state index is 2.49. The molecular formula is C16H34. The van der Waals surface area contributed by atoms with Crippen molar-refractivity contribution in [3.8, 4) is 0 Å². The van der Waals surface area contributed by atoms with Crippen LogP contribution in [0, 0.1) is 5.41 Å². The molecule has 98 valence electrons. The monoisotopic (exact) mass is 226 g/mol. The van der Waals surface area contributed by atoms with Crippen molar-refractivity contribution in [3.05, 3.63) is 0 Å². The van der Waals surface area contributed by atoms with Gasteiger partial charge in [-0.05, 0) is 18.3 Å². The van der Waals surface area contributed by atoms with Crippen molar-refractivity contribution >= 4 is 0 Å². The van der Waals surface area contributed by atoms with E-state index in [1.165, 1.54) is 70.6 Å². The Morgan fingerprint density at radius 3 is 1.69 bits per heavy atom. The minimum atomic E-state index is 0.640. The first-order valence-electron chi connectivity index (χ1n) is 7.68. The minimum Gasteiger partial charge on any atom is -0.0654 e. The summed E-state index contributed by atoms with van der Waals surface area (Å²) >= 11 is 0. The summed E-state index contributed by atoms with van der Waals surface area (Å²) in [7, 11) is 0. The molecule has 0 saturated heterocycles. The van der Waals surface area contributed by atoms with E-state index in [1.54, 1.807) is 0 Å². The molecule has 0 radical (unpaired) electrons. The predicted octanol–water partition coefficient (Wildman–Crippen LogP) is 6.34. The molecule has 0 aromatic rings. The summed E-state index contributed by atoms with van der Waals surface area (Å²) in [5.74, 6) is 0. The SMILES string of the molecule is CCCCCCCCC(C)(CC)CCCC. The van der Waals surface area contributed by atoms with Crippen molar-refractivity contribution in [2.45, 2.75) is 98.3 Å². The third-order valence-electron chi connectivity index (χ3n) is 4.12. The van der Waals surface area contributed by atoms with Gasteiger partial charge >= 0.3 is 0 Å². The lowest BCUT2D eigenvalue weighted by atomic mass is 9.78. The van der Waals surface area contributed by atoms with E-state index in [9.17, 15) is 0 Å². The largest absolute Gasteiger partial charge is 0.0654 e. The van der Waals surface area contributed by atoms with Gasteiger partial charge in [-0.25, -0.2) is 0 Å². The van der Waals surface area contributed by atoms with Gasteiger partial charge in [0.25, 0.3) is 0 Å². The lowest BCUT2D eigenvalue weighted by molar-refractivity contribution is 0.243. The van der Waals surface area contributed by atoms with Gasteiger partial charge in [0.05, 0.1) is 0 Å². The van der Waals surface area contributed by atoms with Crippen LogP contribution in [0.5, 0.6) is 0 Å². The topological polar surface area (TPSA) is 0 Å². The summed E-state index contributed by atoms with van der Waals surface area (Å²) in [5, 5.41) is 0. The highest BCUT2D eigenvalue weighted by atomic mass is 14.3. The second-order valence-corrected chi connectivity index (χ2v) is 5.79. The molecule has 0 fully saturated rings. The molecule has 0 aromatic carbocycles. The Morgan fingerprint density at radius 1 is 0.625 bits per heavy atom. The zero-order chi connectivity index (χ0) is 12.3. The first kappa shape index (κ1) is 16.0. The maximum absolute atomic E-state index is 2.49. The number of hydrogen-bond acceptors (Lipinski definition) is 0. The third kappa shape index (κ3) is 8.19. The van der Waals surface area contributed by atoms with Crippen molar-refractivity contribution in [2.75, 3.05) is 0 Å². The Kier molecular flexibility index (Phi) is 10.2. The van der Waals surface area contributed by atoms with Gasteiger partial charge in [-0.3, -0.25) is 0 Å². The van der Waals surface area contributed by atoms with Crippen LogP contribution in [0.2, 0.25) is 0 Å². The van der Waals surface area contributed by atoms with E-state index < -0.39 is 0 Å². The van der Waals surface area contributed by atoms with Crippen LogP contribution in [0.3, 0.4) is 0 Å². The van der Waals surface area contributed by atoms with Gasteiger partial charge in [0.15, 0.2) is 0 Å². The van der Waals surface area contributed by atoms with Gasteiger partial charge in [0, 0.05) is 0 Å². The van der Waals surface area contributed by atoms with Crippen LogP contribution >= 0.6 is 0 Å². The van der Waals surface area contributed by atoms with Gasteiger partial charge in [-0.15, -0.1) is 0 Å². The van der Waals surface area contributed by atoms with Gasteiger partial charge in [0.1, 0.15) is 0 Å². The average Bonchev–Trinajstić information content (AvgIpc) is 2.31. The fourth-order valence-corrected chi connectivity index (χ4v) is 2.41. The van der Waals surface area contributed by atoms with Gasteiger partial charge < -0.3 is 0 Å². The molecule has 0 aliphatic rings. The Labute approximate surface area is 104 Å². The fraction of sp³-hybridized carbons (Fsp3) is 1.00. The smallest absolute Gasteiger partial charge is 0.0328 e. The molecule has 0 spiro atoms. The predicted molar refractivity (Wildman–Crippen MR) is 75.9 cm³/mol. The number of hydrogen-bond donors (Lipinski definition) is 0. The van der Waals surface area contributed by atoms with E-state index in [0.29, 0.717) is 5.41 Å². The van der Waals surface area contributed by atoms with E-state index in [2.05, 4.69) is 27.7 Å². The van der Waals surface area contributed by atoms with Crippen LogP contribution in [0.1, 0.15) is 98.3 Å². The Hall–Kier alpha value is 0. The summed E-state index contributed by atoms with van der Waals surface area (Å²) in [4.78, 5) is 0. The lowest BCUT2D eigenvalue weighted by Gasteiger charge is -2.28. The molecule has 1 atom stereocenters.